The lowest BCUT2D eigenvalue weighted by atomic mass is 9.93. The molecule has 2 unspecified atom stereocenters. The Labute approximate surface area is 130 Å². The van der Waals surface area contributed by atoms with Gasteiger partial charge in [-0.2, -0.15) is 5.26 Å². The van der Waals surface area contributed by atoms with E-state index in [1.54, 1.807) is 18.3 Å². The van der Waals surface area contributed by atoms with Crippen LogP contribution in [0, 0.1) is 17.2 Å². The van der Waals surface area contributed by atoms with Gasteiger partial charge in [0, 0.05) is 31.1 Å². The molecule has 114 valence electrons. The lowest BCUT2D eigenvalue weighted by Crippen LogP contribution is -2.36. The molecule has 0 saturated carbocycles. The number of amides is 1. The van der Waals surface area contributed by atoms with E-state index >= 15 is 0 Å². The molecule has 5 heteroatoms. The third kappa shape index (κ3) is 3.28. The molecule has 1 amide bonds. The van der Waals surface area contributed by atoms with Crippen molar-refractivity contribution in [1.29, 1.82) is 5.26 Å². The van der Waals surface area contributed by atoms with E-state index in [9.17, 15) is 4.79 Å². The Morgan fingerprint density at radius 3 is 3.09 bits per heavy atom. The smallest absolute Gasteiger partial charge is 0.226 e. The molecule has 1 aliphatic carbocycles. The van der Waals surface area contributed by atoms with Crippen LogP contribution in [-0.4, -0.2) is 35.0 Å². The van der Waals surface area contributed by atoms with E-state index in [1.807, 2.05) is 4.90 Å². The molecule has 5 nitrogen and oxygen atoms in total. The van der Waals surface area contributed by atoms with Crippen molar-refractivity contribution in [2.45, 2.75) is 31.8 Å². The van der Waals surface area contributed by atoms with Crippen LogP contribution in [-0.2, 0) is 4.79 Å². The van der Waals surface area contributed by atoms with Gasteiger partial charge in [0.15, 0.2) is 0 Å². The average Bonchev–Trinajstić information content (AvgIpc) is 3.03. The molecule has 2 heterocycles. The summed E-state index contributed by atoms with van der Waals surface area (Å²) >= 11 is 0. The Hall–Kier alpha value is -2.35. The van der Waals surface area contributed by atoms with Crippen LogP contribution in [0.25, 0.3) is 0 Å². The first-order chi connectivity index (χ1) is 10.8. The maximum absolute atomic E-state index is 12.5. The summed E-state index contributed by atoms with van der Waals surface area (Å²) in [4.78, 5) is 18.5. The molecule has 0 bridgehead atoms. The van der Waals surface area contributed by atoms with Crippen LogP contribution < -0.4 is 4.74 Å². The van der Waals surface area contributed by atoms with Gasteiger partial charge in [-0.3, -0.25) is 4.79 Å². The van der Waals surface area contributed by atoms with E-state index in [1.165, 1.54) is 0 Å². The summed E-state index contributed by atoms with van der Waals surface area (Å²) < 4.78 is 5.82. The van der Waals surface area contributed by atoms with Gasteiger partial charge in [-0.15, -0.1) is 0 Å². The minimum absolute atomic E-state index is 0.0375. The van der Waals surface area contributed by atoms with Crippen molar-refractivity contribution in [1.82, 2.24) is 9.88 Å². The predicted octanol–water partition coefficient (Wildman–Crippen LogP) is 2.29. The van der Waals surface area contributed by atoms with Gasteiger partial charge >= 0.3 is 0 Å². The molecule has 0 aromatic carbocycles. The molecular weight excluding hydrogens is 278 g/mol. The summed E-state index contributed by atoms with van der Waals surface area (Å²) in [7, 11) is 0. The zero-order chi connectivity index (χ0) is 15.4. The quantitative estimate of drug-likeness (QED) is 0.803. The Morgan fingerprint density at radius 2 is 2.32 bits per heavy atom. The molecule has 1 aromatic rings. The molecular formula is C17H19N3O2. The van der Waals surface area contributed by atoms with Crippen molar-refractivity contribution in [2.24, 2.45) is 5.92 Å². The minimum atomic E-state index is -0.0375. The fourth-order valence-electron chi connectivity index (χ4n) is 3.01. The first-order valence-electron chi connectivity index (χ1n) is 7.73. The molecule has 1 saturated heterocycles. The van der Waals surface area contributed by atoms with Gasteiger partial charge in [0.05, 0.1) is 18.2 Å². The number of rotatable bonds is 3. The second kappa shape index (κ2) is 6.61. The molecule has 0 spiro atoms. The van der Waals surface area contributed by atoms with Crippen LogP contribution in [0.15, 0.2) is 30.5 Å². The van der Waals surface area contributed by atoms with Gasteiger partial charge in [0.1, 0.15) is 6.10 Å². The van der Waals surface area contributed by atoms with E-state index in [4.69, 9.17) is 10.00 Å². The lowest BCUT2D eigenvalue weighted by Gasteiger charge is -2.24. The molecule has 3 rings (SSSR count). The number of aromatic nitrogens is 1. The van der Waals surface area contributed by atoms with Crippen LogP contribution >= 0.6 is 0 Å². The van der Waals surface area contributed by atoms with E-state index in [-0.39, 0.29) is 17.9 Å². The van der Waals surface area contributed by atoms with Crippen LogP contribution in [0.1, 0.15) is 31.2 Å². The first-order valence-corrected chi connectivity index (χ1v) is 7.73. The number of hydrogen-bond donors (Lipinski definition) is 0. The van der Waals surface area contributed by atoms with Gasteiger partial charge in [0.25, 0.3) is 0 Å². The van der Waals surface area contributed by atoms with Crippen LogP contribution in [0.2, 0.25) is 0 Å². The molecule has 1 aliphatic heterocycles. The van der Waals surface area contributed by atoms with Crippen molar-refractivity contribution >= 4 is 5.91 Å². The highest BCUT2D eigenvalue weighted by atomic mass is 16.5. The normalized spacial score (nSPS) is 24.0. The SMILES string of the molecule is N#Cc1ccnc(OC2CCN(C(=O)C3CC=CCC3)C2)c1. The highest BCUT2D eigenvalue weighted by molar-refractivity contribution is 5.79. The second-order valence-electron chi connectivity index (χ2n) is 5.79. The highest BCUT2D eigenvalue weighted by Gasteiger charge is 2.31. The number of nitriles is 1. The number of nitrogens with zero attached hydrogens (tertiary/aromatic N) is 3. The van der Waals surface area contributed by atoms with Crippen LogP contribution in [0.3, 0.4) is 0 Å². The number of pyridine rings is 1. The third-order valence-corrected chi connectivity index (χ3v) is 4.23. The number of carbonyl (C=O) groups excluding carboxylic acids is 1. The van der Waals surface area contributed by atoms with E-state index in [0.29, 0.717) is 18.0 Å². The molecule has 2 atom stereocenters. The van der Waals surface area contributed by atoms with Gasteiger partial charge in [-0.1, -0.05) is 12.2 Å². The lowest BCUT2D eigenvalue weighted by molar-refractivity contribution is -0.135. The summed E-state index contributed by atoms with van der Waals surface area (Å²) in [6.07, 6.45) is 9.39. The third-order valence-electron chi connectivity index (χ3n) is 4.23. The Bertz CT molecular complexity index is 621. The van der Waals surface area contributed by atoms with Gasteiger partial charge in [-0.05, 0) is 25.3 Å². The van der Waals surface area contributed by atoms with Crippen molar-refractivity contribution in [3.05, 3.63) is 36.0 Å². The zero-order valence-electron chi connectivity index (χ0n) is 12.4. The fraction of sp³-hybridized carbons (Fsp3) is 0.471. The molecule has 1 aromatic heterocycles. The van der Waals surface area contributed by atoms with Crippen molar-refractivity contribution in [3.63, 3.8) is 0 Å². The number of ether oxygens (including phenoxy) is 1. The predicted molar refractivity (Wildman–Crippen MR) is 81.0 cm³/mol. The van der Waals surface area contributed by atoms with E-state index < -0.39 is 0 Å². The highest BCUT2D eigenvalue weighted by Crippen LogP contribution is 2.24. The molecule has 0 N–H and O–H groups in total. The van der Waals surface area contributed by atoms with Crippen LogP contribution in [0.5, 0.6) is 5.88 Å². The van der Waals surface area contributed by atoms with Crippen molar-refractivity contribution in [3.8, 4) is 11.9 Å². The topological polar surface area (TPSA) is 66.2 Å². The molecule has 22 heavy (non-hydrogen) atoms. The Morgan fingerprint density at radius 1 is 1.41 bits per heavy atom. The largest absolute Gasteiger partial charge is 0.472 e. The Balaban J connectivity index is 1.56. The minimum Gasteiger partial charge on any atom is -0.472 e. The second-order valence-corrected chi connectivity index (χ2v) is 5.79. The summed E-state index contributed by atoms with van der Waals surface area (Å²) in [6, 6.07) is 5.35. The van der Waals surface area contributed by atoms with Crippen molar-refractivity contribution in [2.75, 3.05) is 13.1 Å². The summed E-state index contributed by atoms with van der Waals surface area (Å²) in [5.41, 5.74) is 0.532. The number of carbonyl (C=O) groups is 1. The first kappa shape index (κ1) is 14.6. The summed E-state index contributed by atoms with van der Waals surface area (Å²) in [5.74, 6) is 0.830. The van der Waals surface area contributed by atoms with E-state index in [0.717, 1.165) is 32.2 Å². The molecule has 2 aliphatic rings. The van der Waals surface area contributed by atoms with Gasteiger partial charge in [0.2, 0.25) is 11.8 Å². The number of hydrogen-bond acceptors (Lipinski definition) is 4. The average molecular weight is 297 g/mol. The number of allylic oxidation sites excluding steroid dienone is 2. The monoisotopic (exact) mass is 297 g/mol. The summed E-state index contributed by atoms with van der Waals surface area (Å²) in [6.45, 7) is 1.35. The van der Waals surface area contributed by atoms with Gasteiger partial charge in [-0.25, -0.2) is 4.98 Å². The number of likely N-dealkylation sites (tertiary alicyclic amines) is 1. The van der Waals surface area contributed by atoms with Crippen molar-refractivity contribution < 1.29 is 9.53 Å². The fourth-order valence-corrected chi connectivity index (χ4v) is 3.01. The maximum Gasteiger partial charge on any atom is 0.226 e. The standard InChI is InChI=1S/C17H19N3O2/c18-11-13-6-8-19-16(10-13)22-15-7-9-20(12-15)17(21)14-4-2-1-3-5-14/h1-2,6,8,10,14-15H,3-5,7,9,12H2. The van der Waals surface area contributed by atoms with Crippen LogP contribution in [0.4, 0.5) is 0 Å². The molecule has 1 fully saturated rings. The summed E-state index contributed by atoms with van der Waals surface area (Å²) in [5, 5.41) is 8.89. The maximum atomic E-state index is 12.5. The zero-order valence-corrected chi connectivity index (χ0v) is 12.4. The van der Waals surface area contributed by atoms with Gasteiger partial charge < -0.3 is 9.64 Å². The van der Waals surface area contributed by atoms with E-state index in [2.05, 4.69) is 23.2 Å². The molecule has 0 radical (unpaired) electrons. The Kier molecular flexibility index (Phi) is 4.38.